The molecule has 1 aliphatic carbocycles. The summed E-state index contributed by atoms with van der Waals surface area (Å²) < 4.78 is 7.84. The first-order chi connectivity index (χ1) is 9.17. The Morgan fingerprint density at radius 3 is 2.74 bits per heavy atom. The van der Waals surface area contributed by atoms with E-state index in [9.17, 15) is 0 Å². The molecule has 0 bridgehead atoms. The van der Waals surface area contributed by atoms with Crippen LogP contribution in [-0.2, 0) is 11.3 Å². The zero-order valence-corrected chi connectivity index (χ0v) is 13.0. The Labute approximate surface area is 121 Å². The molecule has 1 saturated carbocycles. The lowest BCUT2D eigenvalue weighted by molar-refractivity contribution is 0.0613. The highest BCUT2D eigenvalue weighted by atomic mass is 32.2. The van der Waals surface area contributed by atoms with E-state index in [-0.39, 0.29) is 6.10 Å². The molecule has 3 rings (SSSR count). The molecule has 102 valence electrons. The second kappa shape index (κ2) is 5.34. The fourth-order valence-corrected chi connectivity index (χ4v) is 3.47. The number of thioether (sulfide) groups is 1. The third-order valence-corrected chi connectivity index (χ3v) is 5.04. The van der Waals surface area contributed by atoms with Gasteiger partial charge in [0.1, 0.15) is 6.61 Å². The van der Waals surface area contributed by atoms with E-state index in [0.717, 1.165) is 15.8 Å². The SMILES string of the molecule is CSc1nc2nc(COC(C)C)nc(C3CC3)c2s1. The van der Waals surface area contributed by atoms with Crippen LogP contribution < -0.4 is 0 Å². The predicted octanol–water partition coefficient (Wildman–Crippen LogP) is 3.61. The molecule has 2 aromatic rings. The molecule has 0 spiro atoms. The van der Waals surface area contributed by atoms with Gasteiger partial charge in [0.2, 0.25) is 0 Å². The number of nitrogens with zero attached hydrogens (tertiary/aromatic N) is 3. The van der Waals surface area contributed by atoms with Crippen molar-refractivity contribution in [1.29, 1.82) is 0 Å². The molecular weight excluding hydrogens is 278 g/mol. The number of ether oxygens (including phenoxy) is 1. The Balaban J connectivity index is 1.99. The number of hydrogen-bond donors (Lipinski definition) is 0. The van der Waals surface area contributed by atoms with Crippen LogP contribution in [0.15, 0.2) is 4.34 Å². The highest BCUT2D eigenvalue weighted by Gasteiger charge is 2.29. The summed E-state index contributed by atoms with van der Waals surface area (Å²) in [5.74, 6) is 1.37. The van der Waals surface area contributed by atoms with Gasteiger partial charge in [-0.05, 0) is 32.9 Å². The molecule has 2 aromatic heterocycles. The molecule has 0 aliphatic heterocycles. The van der Waals surface area contributed by atoms with E-state index in [4.69, 9.17) is 9.72 Å². The Kier molecular flexibility index (Phi) is 3.73. The van der Waals surface area contributed by atoms with Crippen LogP contribution in [0.2, 0.25) is 0 Å². The van der Waals surface area contributed by atoms with Gasteiger partial charge in [0, 0.05) is 5.92 Å². The summed E-state index contributed by atoms with van der Waals surface area (Å²) in [5.41, 5.74) is 2.03. The van der Waals surface area contributed by atoms with Gasteiger partial charge in [-0.2, -0.15) is 0 Å². The second-order valence-corrected chi connectivity index (χ2v) is 7.05. The molecule has 1 aliphatic rings. The first kappa shape index (κ1) is 13.3. The van der Waals surface area contributed by atoms with Crippen LogP contribution in [-0.4, -0.2) is 27.3 Å². The molecule has 4 nitrogen and oxygen atoms in total. The monoisotopic (exact) mass is 295 g/mol. The average Bonchev–Trinajstić information content (AvgIpc) is 3.14. The normalized spacial score (nSPS) is 15.6. The maximum atomic E-state index is 5.61. The van der Waals surface area contributed by atoms with Crippen LogP contribution in [0.3, 0.4) is 0 Å². The molecule has 0 saturated heterocycles. The van der Waals surface area contributed by atoms with E-state index in [0.29, 0.717) is 12.5 Å². The second-order valence-electron chi connectivity index (χ2n) is 5.00. The van der Waals surface area contributed by atoms with Gasteiger partial charge >= 0.3 is 0 Å². The lowest BCUT2D eigenvalue weighted by Crippen LogP contribution is -2.07. The Morgan fingerprint density at radius 2 is 2.11 bits per heavy atom. The van der Waals surface area contributed by atoms with Crippen molar-refractivity contribution in [2.45, 2.75) is 49.7 Å². The smallest absolute Gasteiger partial charge is 0.175 e. The van der Waals surface area contributed by atoms with Crippen molar-refractivity contribution < 1.29 is 4.74 Å². The van der Waals surface area contributed by atoms with Gasteiger partial charge in [0.05, 0.1) is 16.5 Å². The van der Waals surface area contributed by atoms with Crippen molar-refractivity contribution in [3.63, 3.8) is 0 Å². The summed E-state index contributed by atoms with van der Waals surface area (Å²) in [4.78, 5) is 13.8. The summed E-state index contributed by atoms with van der Waals surface area (Å²) in [6.45, 7) is 4.52. The van der Waals surface area contributed by atoms with Crippen LogP contribution >= 0.6 is 23.1 Å². The van der Waals surface area contributed by atoms with Crippen LogP contribution in [0.4, 0.5) is 0 Å². The molecule has 2 heterocycles. The van der Waals surface area contributed by atoms with E-state index < -0.39 is 0 Å². The van der Waals surface area contributed by atoms with E-state index in [1.165, 1.54) is 23.2 Å². The van der Waals surface area contributed by atoms with E-state index >= 15 is 0 Å². The first-order valence-corrected chi connectivity index (χ1v) is 8.54. The van der Waals surface area contributed by atoms with Gasteiger partial charge in [0.15, 0.2) is 15.8 Å². The fourth-order valence-electron chi connectivity index (χ4n) is 1.90. The highest BCUT2D eigenvalue weighted by Crippen LogP contribution is 2.43. The van der Waals surface area contributed by atoms with Gasteiger partial charge in [-0.15, -0.1) is 11.3 Å². The minimum absolute atomic E-state index is 0.195. The summed E-state index contributed by atoms with van der Waals surface area (Å²) >= 11 is 3.38. The summed E-state index contributed by atoms with van der Waals surface area (Å²) in [5, 5.41) is 0. The highest BCUT2D eigenvalue weighted by molar-refractivity contribution is 8.00. The third-order valence-electron chi connectivity index (χ3n) is 2.99. The lowest BCUT2D eigenvalue weighted by atomic mass is 10.3. The quantitative estimate of drug-likeness (QED) is 0.789. The summed E-state index contributed by atoms with van der Waals surface area (Å²) in [6.07, 6.45) is 4.72. The van der Waals surface area contributed by atoms with Crippen LogP contribution in [0.5, 0.6) is 0 Å². The van der Waals surface area contributed by atoms with Crippen molar-refractivity contribution in [3.05, 3.63) is 11.5 Å². The number of rotatable bonds is 5. The zero-order chi connectivity index (χ0) is 13.4. The average molecular weight is 295 g/mol. The standard InChI is InChI=1S/C13H17N3OS2/c1-7(2)17-6-9-14-10(8-4-5-8)11-12(15-9)16-13(18-3)19-11/h7-8H,4-6H2,1-3H3. The summed E-state index contributed by atoms with van der Waals surface area (Å²) in [7, 11) is 0. The fraction of sp³-hybridized carbons (Fsp3) is 0.615. The number of fused-ring (bicyclic) bond motifs is 1. The molecule has 0 aromatic carbocycles. The molecule has 1 fully saturated rings. The summed E-state index contributed by atoms with van der Waals surface area (Å²) in [6, 6.07) is 0. The maximum absolute atomic E-state index is 5.61. The van der Waals surface area contributed by atoms with Gasteiger partial charge in [-0.3, -0.25) is 0 Å². The molecule has 0 N–H and O–H groups in total. The molecule has 0 atom stereocenters. The zero-order valence-electron chi connectivity index (χ0n) is 11.3. The van der Waals surface area contributed by atoms with Crippen molar-refractivity contribution in [3.8, 4) is 0 Å². The Bertz CT molecular complexity index is 593. The van der Waals surface area contributed by atoms with E-state index in [1.54, 1.807) is 23.1 Å². The lowest BCUT2D eigenvalue weighted by Gasteiger charge is -2.07. The van der Waals surface area contributed by atoms with Crippen molar-refractivity contribution in [2.24, 2.45) is 0 Å². The van der Waals surface area contributed by atoms with Crippen molar-refractivity contribution in [1.82, 2.24) is 15.0 Å². The van der Waals surface area contributed by atoms with Gasteiger partial charge in [0.25, 0.3) is 0 Å². The molecule has 0 unspecified atom stereocenters. The molecule has 6 heteroatoms. The molecular formula is C13H17N3OS2. The van der Waals surface area contributed by atoms with E-state index in [1.807, 2.05) is 20.1 Å². The van der Waals surface area contributed by atoms with E-state index in [2.05, 4.69) is 9.97 Å². The largest absolute Gasteiger partial charge is 0.371 e. The first-order valence-electron chi connectivity index (χ1n) is 6.50. The number of hydrogen-bond acceptors (Lipinski definition) is 6. The van der Waals surface area contributed by atoms with Crippen LogP contribution in [0.1, 0.15) is 44.1 Å². The van der Waals surface area contributed by atoms with Crippen molar-refractivity contribution in [2.75, 3.05) is 6.26 Å². The van der Waals surface area contributed by atoms with Crippen LogP contribution in [0, 0.1) is 0 Å². The number of aromatic nitrogens is 3. The van der Waals surface area contributed by atoms with Gasteiger partial charge in [-0.25, -0.2) is 15.0 Å². The molecule has 19 heavy (non-hydrogen) atoms. The van der Waals surface area contributed by atoms with Crippen LogP contribution in [0.25, 0.3) is 10.3 Å². The van der Waals surface area contributed by atoms with Gasteiger partial charge < -0.3 is 4.74 Å². The molecule has 0 amide bonds. The molecule has 0 radical (unpaired) electrons. The number of thiazole rings is 1. The predicted molar refractivity (Wildman–Crippen MR) is 78.9 cm³/mol. The minimum Gasteiger partial charge on any atom is -0.371 e. The Hall–Kier alpha value is -0.720. The maximum Gasteiger partial charge on any atom is 0.175 e. The topological polar surface area (TPSA) is 47.9 Å². The van der Waals surface area contributed by atoms with Crippen molar-refractivity contribution >= 4 is 33.4 Å². The van der Waals surface area contributed by atoms with Gasteiger partial charge in [-0.1, -0.05) is 11.8 Å². The minimum atomic E-state index is 0.195. The third kappa shape index (κ3) is 2.90. The Morgan fingerprint density at radius 1 is 1.32 bits per heavy atom.